The first-order valence-electron chi connectivity index (χ1n) is 7.91. The third kappa shape index (κ3) is 3.49. The average Bonchev–Trinajstić information content (AvgIpc) is 3.29. The number of benzene rings is 2. The molecule has 0 amide bonds. The number of ether oxygens (including phenoxy) is 1. The highest BCUT2D eigenvalue weighted by Crippen LogP contribution is 2.59. The molecule has 0 saturated carbocycles. The molecule has 3 rings (SSSR count). The van der Waals surface area contributed by atoms with Crippen molar-refractivity contribution in [2.75, 3.05) is 6.54 Å². The Balaban J connectivity index is 2.06. The van der Waals surface area contributed by atoms with Crippen LogP contribution in [0.25, 0.3) is 0 Å². The van der Waals surface area contributed by atoms with Crippen molar-refractivity contribution < 1.29 is 13.5 Å². The maximum atomic E-state index is 14.6. The lowest BCUT2D eigenvalue weighted by Crippen LogP contribution is -2.29. The van der Waals surface area contributed by atoms with Gasteiger partial charge in [-0.2, -0.15) is 5.10 Å². The van der Waals surface area contributed by atoms with Gasteiger partial charge in [-0.15, -0.1) is 12.6 Å². The summed E-state index contributed by atoms with van der Waals surface area (Å²) in [6, 6.07) is 10.6. The van der Waals surface area contributed by atoms with Gasteiger partial charge in [0.25, 0.3) is 0 Å². The van der Waals surface area contributed by atoms with Gasteiger partial charge in [-0.3, -0.25) is 5.01 Å². The number of rotatable bonds is 6. The quantitative estimate of drug-likeness (QED) is 0.312. The van der Waals surface area contributed by atoms with Crippen molar-refractivity contribution in [1.29, 1.82) is 0 Å². The smallest absolute Gasteiger partial charge is 0.147 e. The van der Waals surface area contributed by atoms with Gasteiger partial charge in [0.15, 0.2) is 0 Å². The minimum Gasteiger partial charge on any atom is -0.354 e. The summed E-state index contributed by atoms with van der Waals surface area (Å²) < 4.78 is 33.9. The van der Waals surface area contributed by atoms with Gasteiger partial charge in [-0.1, -0.05) is 42.4 Å². The lowest BCUT2D eigenvalue weighted by atomic mass is 9.91. The van der Waals surface area contributed by atoms with Crippen molar-refractivity contribution in [1.82, 2.24) is 5.01 Å². The van der Waals surface area contributed by atoms with Gasteiger partial charge in [-0.25, -0.2) is 8.78 Å². The van der Waals surface area contributed by atoms with Crippen molar-refractivity contribution in [2.45, 2.75) is 18.6 Å². The topological polar surface area (TPSA) is 28.1 Å². The van der Waals surface area contributed by atoms with Gasteiger partial charge in [0.05, 0.1) is 11.6 Å². The summed E-state index contributed by atoms with van der Waals surface area (Å²) in [5.74, 6) is -1.34. The predicted molar refractivity (Wildman–Crippen MR) is 102 cm³/mol. The minimum absolute atomic E-state index is 0.151. The number of thiol groups is 1. The Kier molecular flexibility index (Phi) is 5.37. The molecule has 26 heavy (non-hydrogen) atoms. The second-order valence-corrected chi connectivity index (χ2v) is 6.80. The van der Waals surface area contributed by atoms with E-state index >= 15 is 0 Å². The zero-order valence-electron chi connectivity index (χ0n) is 14.0. The third-order valence-corrected chi connectivity index (χ3v) is 4.78. The van der Waals surface area contributed by atoms with Crippen LogP contribution in [-0.2, 0) is 10.3 Å². The Bertz CT molecular complexity index is 876. The molecule has 1 aliphatic rings. The highest BCUT2D eigenvalue weighted by atomic mass is 35.5. The van der Waals surface area contributed by atoms with E-state index in [4.69, 9.17) is 16.3 Å². The van der Waals surface area contributed by atoms with Crippen LogP contribution in [0.5, 0.6) is 0 Å². The second kappa shape index (κ2) is 7.39. The normalized spacial score (nSPS) is 21.8. The maximum Gasteiger partial charge on any atom is 0.147 e. The van der Waals surface area contributed by atoms with Crippen LogP contribution in [0, 0.1) is 11.6 Å². The van der Waals surface area contributed by atoms with Crippen LogP contribution in [0.2, 0.25) is 5.02 Å². The fraction of sp³-hybridized carbons (Fsp3) is 0.211. The molecule has 7 heteroatoms. The van der Waals surface area contributed by atoms with E-state index in [1.54, 1.807) is 25.3 Å². The molecule has 0 radical (unpaired) electrons. The SMILES string of the molecule is C=C(S)N(C[C@]1(c2ccc(F)cc2F)O[C@@H]1c1ccccc1Cl)/N=C\C. The first-order valence-corrected chi connectivity index (χ1v) is 8.73. The van der Waals surface area contributed by atoms with Crippen LogP contribution >= 0.6 is 24.2 Å². The number of hydrogen-bond donors (Lipinski definition) is 1. The largest absolute Gasteiger partial charge is 0.354 e. The van der Waals surface area contributed by atoms with Crippen molar-refractivity contribution >= 4 is 30.4 Å². The molecule has 1 aliphatic heterocycles. The summed E-state index contributed by atoms with van der Waals surface area (Å²) in [5, 5.41) is 6.58. The summed E-state index contributed by atoms with van der Waals surface area (Å²) >= 11 is 10.5. The molecular weight excluding hydrogens is 378 g/mol. The first-order chi connectivity index (χ1) is 12.4. The zero-order valence-corrected chi connectivity index (χ0v) is 15.6. The summed E-state index contributed by atoms with van der Waals surface area (Å²) in [5.41, 5.74) is -0.126. The summed E-state index contributed by atoms with van der Waals surface area (Å²) in [6.07, 6.45) is 1.07. The van der Waals surface area contributed by atoms with Gasteiger partial charge in [-0.05, 0) is 19.1 Å². The summed E-state index contributed by atoms with van der Waals surface area (Å²) in [7, 11) is 0. The van der Waals surface area contributed by atoms with Gasteiger partial charge in [0.2, 0.25) is 0 Å². The zero-order chi connectivity index (χ0) is 18.9. The van der Waals surface area contributed by atoms with Crippen molar-refractivity contribution in [2.24, 2.45) is 5.10 Å². The van der Waals surface area contributed by atoms with E-state index in [1.165, 1.54) is 17.1 Å². The Morgan fingerprint density at radius 3 is 2.73 bits per heavy atom. The van der Waals surface area contributed by atoms with Crippen molar-refractivity contribution in [3.63, 3.8) is 0 Å². The Hall–Kier alpha value is -1.89. The maximum absolute atomic E-state index is 14.6. The molecular formula is C19H17ClF2N2OS. The molecule has 2 atom stereocenters. The molecule has 0 spiro atoms. The number of epoxide rings is 1. The standard InChI is InChI=1S/C19H17ClF2N2OS/c1-3-23-24(12(2)26)11-19(15-9-8-13(21)10-17(15)22)18(25-19)14-6-4-5-7-16(14)20/h3-10,18,26H,2,11H2,1H3/b23-3-/t18-,19-/m1/s1. The van der Waals surface area contributed by atoms with Crippen LogP contribution in [0.15, 0.2) is 59.2 Å². The van der Waals surface area contributed by atoms with E-state index in [0.29, 0.717) is 10.1 Å². The number of hydrazone groups is 1. The van der Waals surface area contributed by atoms with Crippen LogP contribution in [0.1, 0.15) is 24.2 Å². The monoisotopic (exact) mass is 394 g/mol. The summed E-state index contributed by atoms with van der Waals surface area (Å²) in [6.45, 7) is 5.67. The van der Waals surface area contributed by atoms with Crippen molar-refractivity contribution in [3.05, 3.63) is 81.9 Å². The third-order valence-electron chi connectivity index (χ3n) is 4.21. The molecule has 0 aliphatic carbocycles. The fourth-order valence-corrected chi connectivity index (χ4v) is 3.34. The second-order valence-electron chi connectivity index (χ2n) is 5.88. The molecule has 0 aromatic heterocycles. The molecule has 0 bridgehead atoms. The van der Waals surface area contributed by atoms with Gasteiger partial charge in [0, 0.05) is 28.4 Å². The number of halogens is 3. The Morgan fingerprint density at radius 1 is 1.38 bits per heavy atom. The molecule has 2 aromatic carbocycles. The fourth-order valence-electron chi connectivity index (χ4n) is 2.98. The molecule has 0 N–H and O–H groups in total. The first kappa shape index (κ1) is 18.9. The molecule has 1 heterocycles. The average molecular weight is 395 g/mol. The van der Waals surface area contributed by atoms with Crippen LogP contribution in [-0.4, -0.2) is 17.8 Å². The minimum atomic E-state index is -1.08. The van der Waals surface area contributed by atoms with E-state index in [-0.39, 0.29) is 12.1 Å². The lowest BCUT2D eigenvalue weighted by molar-refractivity contribution is 0.225. The van der Waals surface area contributed by atoms with Gasteiger partial charge < -0.3 is 4.74 Å². The lowest BCUT2D eigenvalue weighted by Gasteiger charge is -2.23. The van der Waals surface area contributed by atoms with Crippen LogP contribution in [0.4, 0.5) is 8.78 Å². The highest BCUT2D eigenvalue weighted by molar-refractivity contribution is 7.84. The van der Waals surface area contributed by atoms with E-state index in [2.05, 4.69) is 24.3 Å². The van der Waals surface area contributed by atoms with E-state index in [9.17, 15) is 8.78 Å². The Morgan fingerprint density at radius 2 is 2.12 bits per heavy atom. The van der Waals surface area contributed by atoms with E-state index in [1.807, 2.05) is 12.1 Å². The van der Waals surface area contributed by atoms with Crippen molar-refractivity contribution in [3.8, 4) is 0 Å². The highest BCUT2D eigenvalue weighted by Gasteiger charge is 2.61. The van der Waals surface area contributed by atoms with E-state index < -0.39 is 23.3 Å². The van der Waals surface area contributed by atoms with Gasteiger partial charge >= 0.3 is 0 Å². The van der Waals surface area contributed by atoms with Crippen LogP contribution < -0.4 is 0 Å². The van der Waals surface area contributed by atoms with Gasteiger partial charge in [0.1, 0.15) is 23.3 Å². The molecule has 2 aromatic rings. The molecule has 1 saturated heterocycles. The molecule has 136 valence electrons. The summed E-state index contributed by atoms with van der Waals surface area (Å²) in [4.78, 5) is 0. The molecule has 0 unspecified atom stereocenters. The Labute approximate surface area is 161 Å². The predicted octanol–water partition coefficient (Wildman–Crippen LogP) is 5.29. The van der Waals surface area contributed by atoms with E-state index in [0.717, 1.165) is 11.6 Å². The molecule has 3 nitrogen and oxygen atoms in total. The van der Waals surface area contributed by atoms with Crippen LogP contribution in [0.3, 0.4) is 0 Å². The molecule has 1 fully saturated rings. The number of nitrogens with zero attached hydrogens (tertiary/aromatic N) is 2. The number of hydrogen-bond acceptors (Lipinski definition) is 4.